The first kappa shape index (κ1) is 36.6. The van der Waals surface area contributed by atoms with E-state index in [-0.39, 0.29) is 6.54 Å². The zero-order valence-corrected chi connectivity index (χ0v) is 23.8. The molecule has 0 bridgehead atoms. The van der Waals surface area contributed by atoms with Crippen LogP contribution in [0.5, 0.6) is 0 Å². The van der Waals surface area contributed by atoms with Crippen molar-refractivity contribution in [3.63, 3.8) is 0 Å². The third-order valence-corrected chi connectivity index (χ3v) is 7.50. The van der Waals surface area contributed by atoms with Crippen molar-refractivity contribution in [1.82, 2.24) is 5.32 Å². The van der Waals surface area contributed by atoms with Crippen LogP contribution in [0.25, 0.3) is 0 Å². The fourth-order valence-electron chi connectivity index (χ4n) is 4.87. The van der Waals surface area contributed by atoms with E-state index in [4.69, 9.17) is 9.47 Å². The summed E-state index contributed by atoms with van der Waals surface area (Å²) in [6.45, 7) is 1.41. The number of aliphatic hydroxyl groups is 8. The summed E-state index contributed by atoms with van der Waals surface area (Å²) in [5, 5.41) is 82.9. The Kier molecular flexibility index (Phi) is 20.8. The second kappa shape index (κ2) is 22.2. The summed E-state index contributed by atoms with van der Waals surface area (Å²) in [6.07, 6.45) is 3.54. The smallest absolute Gasteiger partial charge is 0.187 e. The van der Waals surface area contributed by atoms with Crippen molar-refractivity contribution < 1.29 is 50.3 Å². The number of rotatable bonds is 24. The molecule has 1 saturated heterocycles. The Morgan fingerprint density at radius 3 is 1.69 bits per heavy atom. The molecule has 9 N–H and O–H groups in total. The second-order valence-corrected chi connectivity index (χ2v) is 10.9. The van der Waals surface area contributed by atoms with Crippen LogP contribution < -0.4 is 5.32 Å². The van der Waals surface area contributed by atoms with E-state index in [2.05, 4.69) is 12.2 Å². The largest absolute Gasteiger partial charge is 0.394 e. The number of aliphatic hydroxyl groups excluding tert-OH is 8. The minimum absolute atomic E-state index is 0.00625. The first-order valence-corrected chi connectivity index (χ1v) is 15.1. The first-order valence-electron chi connectivity index (χ1n) is 15.1. The standard InChI is InChI=1S/C28H57NO10/c1-2-3-4-5-6-7-8-9-10-11-12-13-14-15-16-29-17-20(32)23(34)27(21(33)18-30)39-28-26(37)25(36)24(35)22(19-31)38-28/h20-37H,2-19H2,1H3/t20-,21-,22-,23+,24-,25-,26+,27+,28-/m0/s1. The Bertz CT molecular complexity index is 572. The van der Waals surface area contributed by atoms with E-state index in [0.29, 0.717) is 6.54 Å². The average Bonchev–Trinajstić information content (AvgIpc) is 2.94. The second-order valence-electron chi connectivity index (χ2n) is 10.9. The summed E-state index contributed by atoms with van der Waals surface area (Å²) >= 11 is 0. The van der Waals surface area contributed by atoms with Gasteiger partial charge in [0.2, 0.25) is 0 Å². The highest BCUT2D eigenvalue weighted by Crippen LogP contribution is 2.25. The van der Waals surface area contributed by atoms with Crippen molar-refractivity contribution >= 4 is 0 Å². The van der Waals surface area contributed by atoms with E-state index in [1.54, 1.807) is 0 Å². The molecular weight excluding hydrogens is 510 g/mol. The summed E-state index contributed by atoms with van der Waals surface area (Å²) in [6, 6.07) is 0. The van der Waals surface area contributed by atoms with Crippen LogP contribution in [0.4, 0.5) is 0 Å². The highest BCUT2D eigenvalue weighted by atomic mass is 16.7. The summed E-state index contributed by atoms with van der Waals surface area (Å²) in [5.74, 6) is 0. The maximum Gasteiger partial charge on any atom is 0.187 e. The topological polar surface area (TPSA) is 192 Å². The van der Waals surface area contributed by atoms with Gasteiger partial charge in [-0.25, -0.2) is 0 Å². The monoisotopic (exact) mass is 567 g/mol. The van der Waals surface area contributed by atoms with Crippen molar-refractivity contribution in [2.24, 2.45) is 0 Å². The van der Waals surface area contributed by atoms with Gasteiger partial charge in [0.25, 0.3) is 0 Å². The maximum absolute atomic E-state index is 10.6. The molecule has 0 radical (unpaired) electrons. The summed E-state index contributed by atoms with van der Waals surface area (Å²) < 4.78 is 10.7. The molecule has 0 aromatic heterocycles. The summed E-state index contributed by atoms with van der Waals surface area (Å²) in [5.41, 5.74) is 0. The normalized spacial score (nSPS) is 26.8. The Balaban J connectivity index is 2.23. The molecule has 234 valence electrons. The molecule has 0 amide bonds. The molecule has 11 heteroatoms. The van der Waals surface area contributed by atoms with Crippen molar-refractivity contribution in [3.05, 3.63) is 0 Å². The average molecular weight is 568 g/mol. The van der Waals surface area contributed by atoms with Gasteiger partial charge < -0.3 is 55.6 Å². The molecule has 1 rings (SSSR count). The van der Waals surface area contributed by atoms with E-state index in [0.717, 1.165) is 19.3 Å². The Hall–Kier alpha value is -0.440. The lowest BCUT2D eigenvalue weighted by Crippen LogP contribution is -2.61. The molecule has 11 nitrogen and oxygen atoms in total. The van der Waals surface area contributed by atoms with Gasteiger partial charge in [0, 0.05) is 6.54 Å². The van der Waals surface area contributed by atoms with Crippen LogP contribution in [0.2, 0.25) is 0 Å². The highest BCUT2D eigenvalue weighted by Gasteiger charge is 2.46. The summed E-state index contributed by atoms with van der Waals surface area (Å²) in [7, 11) is 0. The van der Waals surface area contributed by atoms with E-state index in [1.807, 2.05) is 0 Å². The fourth-order valence-corrected chi connectivity index (χ4v) is 4.87. The zero-order valence-electron chi connectivity index (χ0n) is 23.8. The first-order chi connectivity index (χ1) is 18.8. The quantitative estimate of drug-likeness (QED) is 0.0730. The lowest BCUT2D eigenvalue weighted by atomic mass is 9.98. The van der Waals surface area contributed by atoms with E-state index < -0.39 is 68.3 Å². The lowest BCUT2D eigenvalue weighted by Gasteiger charge is -2.42. The van der Waals surface area contributed by atoms with Gasteiger partial charge in [-0.2, -0.15) is 0 Å². The summed E-state index contributed by atoms with van der Waals surface area (Å²) in [4.78, 5) is 0. The van der Waals surface area contributed by atoms with E-state index in [1.165, 1.54) is 70.6 Å². The van der Waals surface area contributed by atoms with Gasteiger partial charge in [-0.1, -0.05) is 90.4 Å². The van der Waals surface area contributed by atoms with Gasteiger partial charge in [-0.3, -0.25) is 0 Å². The van der Waals surface area contributed by atoms with Gasteiger partial charge in [-0.15, -0.1) is 0 Å². The number of unbranched alkanes of at least 4 members (excludes halogenated alkanes) is 13. The van der Waals surface area contributed by atoms with Crippen molar-refractivity contribution in [3.8, 4) is 0 Å². The molecule has 1 aliphatic rings. The predicted octanol–water partition coefficient (Wildman–Crippen LogP) is 0.317. The van der Waals surface area contributed by atoms with Crippen molar-refractivity contribution in [2.75, 3.05) is 26.3 Å². The molecule has 0 saturated carbocycles. The van der Waals surface area contributed by atoms with Gasteiger partial charge in [0.05, 0.1) is 19.3 Å². The Labute approximate surface area is 234 Å². The SMILES string of the molecule is CCCCCCCCCCCCCCCCNC[C@H](O)[C@@H](O)[C@H](O[C@@H]1O[C@@H](CO)[C@H](O)[C@H](O)[C@H]1O)[C@@H](O)CO. The maximum atomic E-state index is 10.6. The van der Waals surface area contributed by atoms with Crippen LogP contribution in [0.1, 0.15) is 96.8 Å². The highest BCUT2D eigenvalue weighted by molar-refractivity contribution is 4.91. The molecule has 9 atom stereocenters. The molecule has 1 fully saturated rings. The lowest BCUT2D eigenvalue weighted by molar-refractivity contribution is -0.327. The molecule has 1 aliphatic heterocycles. The molecule has 0 aromatic rings. The third-order valence-electron chi connectivity index (χ3n) is 7.50. The molecule has 0 aliphatic carbocycles. The van der Waals surface area contributed by atoms with Gasteiger partial charge >= 0.3 is 0 Å². The van der Waals surface area contributed by atoms with Gasteiger partial charge in [0.1, 0.15) is 42.7 Å². The number of nitrogens with one attached hydrogen (secondary N) is 1. The van der Waals surface area contributed by atoms with Gasteiger partial charge in [-0.05, 0) is 13.0 Å². The molecule has 0 spiro atoms. The van der Waals surface area contributed by atoms with Crippen LogP contribution in [-0.4, -0.2) is 122 Å². The Morgan fingerprint density at radius 2 is 1.21 bits per heavy atom. The van der Waals surface area contributed by atoms with Crippen LogP contribution in [0, 0.1) is 0 Å². The number of hydrogen-bond donors (Lipinski definition) is 9. The molecule has 0 aromatic carbocycles. The number of ether oxygens (including phenoxy) is 2. The van der Waals surface area contributed by atoms with Crippen LogP contribution in [-0.2, 0) is 9.47 Å². The molecule has 0 unspecified atom stereocenters. The van der Waals surface area contributed by atoms with Gasteiger partial charge in [0.15, 0.2) is 6.29 Å². The van der Waals surface area contributed by atoms with Crippen LogP contribution in [0.3, 0.4) is 0 Å². The van der Waals surface area contributed by atoms with Crippen LogP contribution in [0.15, 0.2) is 0 Å². The molecular formula is C28H57NO10. The molecule has 39 heavy (non-hydrogen) atoms. The minimum Gasteiger partial charge on any atom is -0.394 e. The number of hydrogen-bond acceptors (Lipinski definition) is 11. The zero-order chi connectivity index (χ0) is 29.0. The Morgan fingerprint density at radius 1 is 0.692 bits per heavy atom. The van der Waals surface area contributed by atoms with Crippen molar-refractivity contribution in [1.29, 1.82) is 0 Å². The van der Waals surface area contributed by atoms with E-state index >= 15 is 0 Å². The fraction of sp³-hybridized carbons (Fsp3) is 1.00. The minimum atomic E-state index is -1.75. The van der Waals surface area contributed by atoms with Crippen molar-refractivity contribution in [2.45, 2.75) is 152 Å². The predicted molar refractivity (Wildman–Crippen MR) is 147 cm³/mol. The molecule has 1 heterocycles. The third kappa shape index (κ3) is 14.3. The van der Waals surface area contributed by atoms with Crippen LogP contribution >= 0.6 is 0 Å². The van der Waals surface area contributed by atoms with E-state index in [9.17, 15) is 40.9 Å².